The molecule has 1 aromatic carbocycles. The highest BCUT2D eigenvalue weighted by Gasteiger charge is 2.11. The fourth-order valence-electron chi connectivity index (χ4n) is 1.64. The number of rotatable bonds is 9. The summed E-state index contributed by atoms with van der Waals surface area (Å²) in [6.45, 7) is 6.28. The molecule has 0 fully saturated rings. The van der Waals surface area contributed by atoms with Crippen molar-refractivity contribution in [1.82, 2.24) is 0 Å². The van der Waals surface area contributed by atoms with Crippen molar-refractivity contribution >= 4 is 15.9 Å². The van der Waals surface area contributed by atoms with E-state index in [1.165, 1.54) is 0 Å². The Bertz CT molecular complexity index is 355. The second-order valence-corrected chi connectivity index (χ2v) is 5.41. The van der Waals surface area contributed by atoms with E-state index in [1.54, 1.807) is 7.11 Å². The molecule has 0 saturated carbocycles. The van der Waals surface area contributed by atoms with Gasteiger partial charge in [-0.25, -0.2) is 0 Å². The summed E-state index contributed by atoms with van der Waals surface area (Å²) in [5.41, 5.74) is 1.11. The van der Waals surface area contributed by atoms with Gasteiger partial charge in [0.05, 0.1) is 26.4 Å². The number of benzene rings is 1. The van der Waals surface area contributed by atoms with Crippen molar-refractivity contribution in [3.05, 3.63) is 29.8 Å². The maximum atomic E-state index is 5.83. The largest absolute Gasteiger partial charge is 0.497 e. The number of alkyl halides is 1. The predicted molar refractivity (Wildman–Crippen MR) is 81.1 cm³/mol. The van der Waals surface area contributed by atoms with Crippen molar-refractivity contribution in [3.63, 3.8) is 0 Å². The third-order valence-electron chi connectivity index (χ3n) is 2.60. The first-order chi connectivity index (χ1) is 9.17. The van der Waals surface area contributed by atoms with Gasteiger partial charge in [-0.1, -0.05) is 41.9 Å². The summed E-state index contributed by atoms with van der Waals surface area (Å²) in [4.78, 5) is 0. The van der Waals surface area contributed by atoms with Gasteiger partial charge in [0.2, 0.25) is 0 Å². The molecule has 0 aliphatic rings. The SMILES string of the molecule is COc1cccc(C(CBr)OCCOCC(C)C)c1. The molecule has 4 heteroatoms. The smallest absolute Gasteiger partial charge is 0.119 e. The summed E-state index contributed by atoms with van der Waals surface area (Å²) >= 11 is 3.48. The summed E-state index contributed by atoms with van der Waals surface area (Å²) in [6, 6.07) is 7.95. The van der Waals surface area contributed by atoms with Crippen molar-refractivity contribution in [2.75, 3.05) is 32.3 Å². The fraction of sp³-hybridized carbons (Fsp3) is 0.600. The first-order valence-corrected chi connectivity index (χ1v) is 7.68. The standard InChI is InChI=1S/C15H23BrO3/c1-12(2)11-18-7-8-19-15(10-16)13-5-4-6-14(9-13)17-3/h4-6,9,12,15H,7-8,10-11H2,1-3H3. The number of methoxy groups -OCH3 is 1. The number of hydrogen-bond acceptors (Lipinski definition) is 3. The van der Waals surface area contributed by atoms with Crippen LogP contribution < -0.4 is 4.74 Å². The zero-order valence-corrected chi connectivity index (χ0v) is 13.5. The van der Waals surface area contributed by atoms with Gasteiger partial charge in [0, 0.05) is 11.9 Å². The Morgan fingerprint density at radius 2 is 2.00 bits per heavy atom. The van der Waals surface area contributed by atoms with Crippen LogP contribution >= 0.6 is 15.9 Å². The molecule has 0 spiro atoms. The van der Waals surface area contributed by atoms with Gasteiger partial charge in [0.15, 0.2) is 0 Å². The molecule has 0 aromatic heterocycles. The lowest BCUT2D eigenvalue weighted by molar-refractivity contribution is 0.00755. The van der Waals surface area contributed by atoms with Crippen LogP contribution in [-0.4, -0.2) is 32.3 Å². The van der Waals surface area contributed by atoms with Gasteiger partial charge in [-0.15, -0.1) is 0 Å². The van der Waals surface area contributed by atoms with Gasteiger partial charge >= 0.3 is 0 Å². The first-order valence-electron chi connectivity index (χ1n) is 6.56. The van der Waals surface area contributed by atoms with Crippen LogP contribution in [-0.2, 0) is 9.47 Å². The third kappa shape index (κ3) is 6.41. The maximum Gasteiger partial charge on any atom is 0.119 e. The second kappa shape index (κ2) is 9.34. The highest BCUT2D eigenvalue weighted by Crippen LogP contribution is 2.23. The lowest BCUT2D eigenvalue weighted by Gasteiger charge is -2.17. The molecular formula is C15H23BrO3. The van der Waals surface area contributed by atoms with Gasteiger partial charge < -0.3 is 14.2 Å². The minimum atomic E-state index is 0.0257. The molecule has 0 amide bonds. The van der Waals surface area contributed by atoms with Crippen LogP contribution in [0, 0.1) is 5.92 Å². The monoisotopic (exact) mass is 330 g/mol. The Kier molecular flexibility index (Phi) is 8.10. The fourth-order valence-corrected chi connectivity index (χ4v) is 2.20. The summed E-state index contributed by atoms with van der Waals surface area (Å²) in [5, 5.41) is 0.754. The van der Waals surface area contributed by atoms with E-state index in [1.807, 2.05) is 24.3 Å². The number of hydrogen-bond donors (Lipinski definition) is 0. The maximum absolute atomic E-state index is 5.83. The van der Waals surface area contributed by atoms with E-state index in [0.717, 1.165) is 23.2 Å². The molecule has 0 N–H and O–H groups in total. The highest BCUT2D eigenvalue weighted by molar-refractivity contribution is 9.09. The molecule has 1 aromatic rings. The molecular weight excluding hydrogens is 308 g/mol. The minimum absolute atomic E-state index is 0.0257. The zero-order chi connectivity index (χ0) is 14.1. The summed E-state index contributed by atoms with van der Waals surface area (Å²) in [7, 11) is 1.67. The summed E-state index contributed by atoms with van der Waals surface area (Å²) in [5.74, 6) is 1.41. The normalized spacial score (nSPS) is 12.7. The quantitative estimate of drug-likeness (QED) is 0.509. The molecule has 0 radical (unpaired) electrons. The number of halogens is 1. The molecule has 0 aliphatic carbocycles. The molecule has 108 valence electrons. The van der Waals surface area contributed by atoms with E-state index in [2.05, 4.69) is 29.8 Å². The zero-order valence-electron chi connectivity index (χ0n) is 11.9. The van der Waals surface area contributed by atoms with E-state index in [4.69, 9.17) is 14.2 Å². The molecule has 1 rings (SSSR count). The topological polar surface area (TPSA) is 27.7 Å². The van der Waals surface area contributed by atoms with Crippen LogP contribution in [0.3, 0.4) is 0 Å². The van der Waals surface area contributed by atoms with Crippen LogP contribution in [0.2, 0.25) is 0 Å². The Balaban J connectivity index is 2.40. The molecule has 3 nitrogen and oxygen atoms in total. The average molecular weight is 331 g/mol. The van der Waals surface area contributed by atoms with Gasteiger partial charge in [-0.2, -0.15) is 0 Å². The Morgan fingerprint density at radius 3 is 2.63 bits per heavy atom. The number of ether oxygens (including phenoxy) is 3. The van der Waals surface area contributed by atoms with Crippen molar-refractivity contribution < 1.29 is 14.2 Å². The third-order valence-corrected chi connectivity index (χ3v) is 3.19. The van der Waals surface area contributed by atoms with E-state index in [-0.39, 0.29) is 6.10 Å². The average Bonchev–Trinajstić information content (AvgIpc) is 2.42. The molecule has 0 saturated heterocycles. The van der Waals surface area contributed by atoms with Gasteiger partial charge in [-0.3, -0.25) is 0 Å². The molecule has 1 atom stereocenters. The predicted octanol–water partition coefficient (Wildman–Crippen LogP) is 3.82. The summed E-state index contributed by atoms with van der Waals surface area (Å²) in [6.07, 6.45) is 0.0257. The van der Waals surface area contributed by atoms with E-state index in [0.29, 0.717) is 19.1 Å². The van der Waals surface area contributed by atoms with Gasteiger partial charge in [-0.05, 0) is 23.6 Å². The molecule has 1 unspecified atom stereocenters. The van der Waals surface area contributed by atoms with Crippen LogP contribution in [0.5, 0.6) is 5.75 Å². The van der Waals surface area contributed by atoms with E-state index < -0.39 is 0 Å². The lowest BCUT2D eigenvalue weighted by atomic mass is 10.1. The van der Waals surface area contributed by atoms with Crippen LogP contribution in [0.25, 0.3) is 0 Å². The van der Waals surface area contributed by atoms with E-state index in [9.17, 15) is 0 Å². The van der Waals surface area contributed by atoms with Gasteiger partial charge in [0.1, 0.15) is 5.75 Å². The molecule has 0 bridgehead atoms. The Hall–Kier alpha value is -0.580. The molecule has 19 heavy (non-hydrogen) atoms. The molecule has 0 heterocycles. The summed E-state index contributed by atoms with van der Waals surface area (Å²) < 4.78 is 16.6. The van der Waals surface area contributed by atoms with Crippen LogP contribution in [0.1, 0.15) is 25.5 Å². The Morgan fingerprint density at radius 1 is 1.21 bits per heavy atom. The highest BCUT2D eigenvalue weighted by atomic mass is 79.9. The van der Waals surface area contributed by atoms with Crippen LogP contribution in [0.4, 0.5) is 0 Å². The van der Waals surface area contributed by atoms with Gasteiger partial charge in [0.25, 0.3) is 0 Å². The van der Waals surface area contributed by atoms with Crippen molar-refractivity contribution in [1.29, 1.82) is 0 Å². The van der Waals surface area contributed by atoms with E-state index >= 15 is 0 Å². The van der Waals surface area contributed by atoms with Crippen molar-refractivity contribution in [2.45, 2.75) is 20.0 Å². The van der Waals surface area contributed by atoms with Crippen molar-refractivity contribution in [2.24, 2.45) is 5.92 Å². The molecule has 0 aliphatic heterocycles. The lowest BCUT2D eigenvalue weighted by Crippen LogP contribution is -2.13. The minimum Gasteiger partial charge on any atom is -0.497 e. The first kappa shape index (κ1) is 16.5. The van der Waals surface area contributed by atoms with Crippen LogP contribution in [0.15, 0.2) is 24.3 Å². The van der Waals surface area contributed by atoms with Crippen molar-refractivity contribution in [3.8, 4) is 5.75 Å². The Labute approximate surface area is 124 Å². The second-order valence-electron chi connectivity index (χ2n) is 4.76.